The molecule has 2 aromatic rings. The maximum atomic E-state index is 11.0. The second-order valence-electron chi connectivity index (χ2n) is 4.90. The third-order valence-corrected chi connectivity index (χ3v) is 4.38. The highest BCUT2D eigenvalue weighted by Crippen LogP contribution is 2.20. The van der Waals surface area contributed by atoms with E-state index in [0.29, 0.717) is 17.2 Å². The number of aromatic carboxylic acids is 1. The van der Waals surface area contributed by atoms with E-state index in [-0.39, 0.29) is 0 Å². The van der Waals surface area contributed by atoms with Crippen LogP contribution in [-0.4, -0.2) is 22.7 Å². The second-order valence-corrected chi connectivity index (χ2v) is 5.98. The Bertz CT molecular complexity index is 622. The molecule has 4 nitrogen and oxygen atoms in total. The topological polar surface area (TPSA) is 59.4 Å². The summed E-state index contributed by atoms with van der Waals surface area (Å²) in [7, 11) is 0. The molecule has 0 aliphatic rings. The third kappa shape index (κ3) is 4.29. The van der Waals surface area contributed by atoms with Gasteiger partial charge >= 0.3 is 5.97 Å². The Morgan fingerprint density at radius 2 is 2.05 bits per heavy atom. The molecule has 21 heavy (non-hydrogen) atoms. The zero-order chi connectivity index (χ0) is 15.2. The first-order chi connectivity index (χ1) is 10.1. The molecule has 0 radical (unpaired) electrons. The molecule has 1 aromatic carbocycles. The number of aromatic nitrogens is 1. The molecule has 0 unspecified atom stereocenters. The number of carbonyl (C=O) groups is 1. The standard InChI is InChI=1S/C16H19NO3S/c1-11-7-3-4-8-13(11)20-10-6-5-9-14-17-12(2)15(21-14)16(18)19/h3-4,7-8H,5-6,9-10H2,1-2H3,(H,18,19). The number of ether oxygens (including phenoxy) is 1. The van der Waals surface area contributed by atoms with Crippen molar-refractivity contribution in [2.45, 2.75) is 33.1 Å². The van der Waals surface area contributed by atoms with Gasteiger partial charge < -0.3 is 9.84 Å². The Kier molecular flexibility index (Phi) is 5.33. The molecule has 5 heteroatoms. The van der Waals surface area contributed by atoms with Gasteiger partial charge in [0.1, 0.15) is 10.6 Å². The molecule has 0 amide bonds. The van der Waals surface area contributed by atoms with Crippen LogP contribution in [0.15, 0.2) is 24.3 Å². The fourth-order valence-corrected chi connectivity index (χ4v) is 2.98. The predicted octanol–water partition coefficient (Wildman–Crippen LogP) is 3.86. The average molecular weight is 305 g/mol. The monoisotopic (exact) mass is 305 g/mol. The van der Waals surface area contributed by atoms with Crippen molar-refractivity contribution >= 4 is 17.3 Å². The summed E-state index contributed by atoms with van der Waals surface area (Å²) in [6, 6.07) is 7.96. The number of aryl methyl sites for hydroxylation is 3. The van der Waals surface area contributed by atoms with Gasteiger partial charge in [0.15, 0.2) is 0 Å². The highest BCUT2D eigenvalue weighted by Gasteiger charge is 2.13. The van der Waals surface area contributed by atoms with Gasteiger partial charge in [-0.05, 0) is 44.7 Å². The van der Waals surface area contributed by atoms with Gasteiger partial charge in [0.2, 0.25) is 0 Å². The first-order valence-corrected chi connectivity index (χ1v) is 7.77. The van der Waals surface area contributed by atoms with Gasteiger partial charge in [-0.2, -0.15) is 0 Å². The first-order valence-electron chi connectivity index (χ1n) is 6.96. The third-order valence-electron chi connectivity index (χ3n) is 3.17. The van der Waals surface area contributed by atoms with E-state index in [1.807, 2.05) is 31.2 Å². The smallest absolute Gasteiger partial charge is 0.347 e. The number of hydrogen-bond donors (Lipinski definition) is 1. The van der Waals surface area contributed by atoms with Gasteiger partial charge in [-0.25, -0.2) is 9.78 Å². The number of unbranched alkanes of at least 4 members (excludes halogenated alkanes) is 1. The van der Waals surface area contributed by atoms with E-state index in [1.54, 1.807) is 6.92 Å². The van der Waals surface area contributed by atoms with E-state index in [9.17, 15) is 4.79 Å². The normalized spacial score (nSPS) is 10.6. The summed E-state index contributed by atoms with van der Waals surface area (Å²) in [5.74, 6) is 0.0369. The van der Waals surface area contributed by atoms with E-state index in [0.717, 1.165) is 35.6 Å². The van der Waals surface area contributed by atoms with Crippen LogP contribution in [-0.2, 0) is 6.42 Å². The Morgan fingerprint density at radius 3 is 2.71 bits per heavy atom. The fraction of sp³-hybridized carbons (Fsp3) is 0.375. The van der Waals surface area contributed by atoms with Crippen molar-refractivity contribution in [1.29, 1.82) is 0 Å². The zero-order valence-electron chi connectivity index (χ0n) is 12.3. The molecule has 0 saturated heterocycles. The van der Waals surface area contributed by atoms with Gasteiger partial charge in [-0.3, -0.25) is 0 Å². The maximum absolute atomic E-state index is 11.0. The van der Waals surface area contributed by atoms with Crippen molar-refractivity contribution in [3.05, 3.63) is 45.4 Å². The van der Waals surface area contributed by atoms with Crippen LogP contribution < -0.4 is 4.74 Å². The van der Waals surface area contributed by atoms with Gasteiger partial charge in [-0.15, -0.1) is 11.3 Å². The number of benzene rings is 1. The average Bonchev–Trinajstić information content (AvgIpc) is 2.82. The molecule has 1 N–H and O–H groups in total. The van der Waals surface area contributed by atoms with Crippen LogP contribution in [0.2, 0.25) is 0 Å². The Morgan fingerprint density at radius 1 is 1.29 bits per heavy atom. The molecule has 0 bridgehead atoms. The summed E-state index contributed by atoms with van der Waals surface area (Å²) in [6.45, 7) is 4.44. The van der Waals surface area contributed by atoms with Crippen LogP contribution in [0.25, 0.3) is 0 Å². The number of nitrogens with zero attached hydrogens (tertiary/aromatic N) is 1. The molecule has 0 saturated carbocycles. The van der Waals surface area contributed by atoms with E-state index in [1.165, 1.54) is 11.3 Å². The van der Waals surface area contributed by atoms with Crippen molar-refractivity contribution < 1.29 is 14.6 Å². The van der Waals surface area contributed by atoms with Gasteiger partial charge in [0.25, 0.3) is 0 Å². The Hall–Kier alpha value is -1.88. The van der Waals surface area contributed by atoms with Crippen LogP contribution in [0.5, 0.6) is 5.75 Å². The van der Waals surface area contributed by atoms with Crippen LogP contribution in [0.4, 0.5) is 0 Å². The summed E-state index contributed by atoms with van der Waals surface area (Å²) >= 11 is 1.27. The molecule has 2 rings (SSSR count). The van der Waals surface area contributed by atoms with Crippen molar-refractivity contribution in [3.63, 3.8) is 0 Å². The maximum Gasteiger partial charge on any atom is 0.347 e. The molecular formula is C16H19NO3S. The van der Waals surface area contributed by atoms with Gasteiger partial charge in [-0.1, -0.05) is 18.2 Å². The van der Waals surface area contributed by atoms with Crippen LogP contribution in [0.1, 0.15) is 38.8 Å². The minimum atomic E-state index is -0.890. The summed E-state index contributed by atoms with van der Waals surface area (Å²) in [6.07, 6.45) is 2.67. The molecule has 1 heterocycles. The number of para-hydroxylation sites is 1. The Labute approximate surface area is 128 Å². The molecule has 112 valence electrons. The summed E-state index contributed by atoms with van der Waals surface area (Å²) in [4.78, 5) is 15.6. The zero-order valence-corrected chi connectivity index (χ0v) is 13.1. The minimum Gasteiger partial charge on any atom is -0.493 e. The van der Waals surface area contributed by atoms with Crippen LogP contribution in [0, 0.1) is 13.8 Å². The lowest BCUT2D eigenvalue weighted by molar-refractivity contribution is 0.0701. The quantitative estimate of drug-likeness (QED) is 0.789. The number of rotatable bonds is 7. The number of carboxylic acid groups (broad SMARTS) is 1. The second kappa shape index (κ2) is 7.22. The largest absolute Gasteiger partial charge is 0.493 e. The predicted molar refractivity (Wildman–Crippen MR) is 83.4 cm³/mol. The lowest BCUT2D eigenvalue weighted by Crippen LogP contribution is -1.99. The van der Waals surface area contributed by atoms with E-state index < -0.39 is 5.97 Å². The number of hydrogen-bond acceptors (Lipinski definition) is 4. The minimum absolute atomic E-state index is 0.348. The highest BCUT2D eigenvalue weighted by atomic mass is 32.1. The number of carboxylic acids is 1. The van der Waals surface area contributed by atoms with Crippen LogP contribution in [0.3, 0.4) is 0 Å². The molecule has 0 spiro atoms. The molecule has 0 aliphatic carbocycles. The summed E-state index contributed by atoms with van der Waals surface area (Å²) < 4.78 is 5.73. The number of thiazole rings is 1. The molecule has 1 aromatic heterocycles. The first kappa shape index (κ1) is 15.5. The van der Waals surface area contributed by atoms with Gasteiger partial charge in [0.05, 0.1) is 17.3 Å². The fourth-order valence-electron chi connectivity index (χ4n) is 2.04. The van der Waals surface area contributed by atoms with E-state index >= 15 is 0 Å². The van der Waals surface area contributed by atoms with Crippen molar-refractivity contribution in [1.82, 2.24) is 4.98 Å². The molecule has 0 aliphatic heterocycles. The lowest BCUT2D eigenvalue weighted by Gasteiger charge is -2.08. The lowest BCUT2D eigenvalue weighted by atomic mass is 10.2. The van der Waals surface area contributed by atoms with Gasteiger partial charge in [0, 0.05) is 0 Å². The van der Waals surface area contributed by atoms with Crippen molar-refractivity contribution in [3.8, 4) is 5.75 Å². The summed E-state index contributed by atoms with van der Waals surface area (Å²) in [5.41, 5.74) is 1.75. The summed E-state index contributed by atoms with van der Waals surface area (Å²) in [5, 5.41) is 9.88. The molecular weight excluding hydrogens is 286 g/mol. The SMILES string of the molecule is Cc1ccccc1OCCCCc1nc(C)c(C(=O)O)s1. The molecule has 0 fully saturated rings. The van der Waals surface area contributed by atoms with Crippen LogP contribution >= 0.6 is 11.3 Å². The van der Waals surface area contributed by atoms with E-state index in [2.05, 4.69) is 4.98 Å². The Balaban J connectivity index is 1.74. The van der Waals surface area contributed by atoms with Crippen molar-refractivity contribution in [2.75, 3.05) is 6.61 Å². The van der Waals surface area contributed by atoms with Crippen molar-refractivity contribution in [2.24, 2.45) is 0 Å². The van der Waals surface area contributed by atoms with E-state index in [4.69, 9.17) is 9.84 Å². The highest BCUT2D eigenvalue weighted by molar-refractivity contribution is 7.13. The molecule has 0 atom stereocenters.